The molecule has 1 saturated carbocycles. The molecule has 0 radical (unpaired) electrons. The highest BCUT2D eigenvalue weighted by Gasteiger charge is 2.26. The summed E-state index contributed by atoms with van der Waals surface area (Å²) in [6.07, 6.45) is 8.48. The SMILES string of the molecule is NC(O)(CCC1CCCCC1)c1cccs1. The average Bonchev–Trinajstić information content (AvgIpc) is 2.82. The molecule has 3 heteroatoms. The lowest BCUT2D eigenvalue weighted by molar-refractivity contribution is 0.0294. The van der Waals surface area contributed by atoms with Gasteiger partial charge in [-0.25, -0.2) is 0 Å². The summed E-state index contributed by atoms with van der Waals surface area (Å²) in [6, 6.07) is 3.87. The van der Waals surface area contributed by atoms with E-state index in [0.29, 0.717) is 6.42 Å². The Morgan fingerprint density at radius 3 is 2.75 bits per heavy atom. The van der Waals surface area contributed by atoms with Crippen molar-refractivity contribution in [3.8, 4) is 0 Å². The van der Waals surface area contributed by atoms with Crippen molar-refractivity contribution in [1.82, 2.24) is 0 Å². The van der Waals surface area contributed by atoms with Crippen molar-refractivity contribution in [2.45, 2.75) is 50.7 Å². The molecule has 0 aromatic carbocycles. The summed E-state index contributed by atoms with van der Waals surface area (Å²) in [4.78, 5) is 0.892. The topological polar surface area (TPSA) is 46.2 Å². The molecule has 1 aliphatic carbocycles. The third-order valence-corrected chi connectivity index (χ3v) is 4.64. The largest absolute Gasteiger partial charge is 0.371 e. The smallest absolute Gasteiger partial charge is 0.148 e. The maximum Gasteiger partial charge on any atom is 0.148 e. The Morgan fingerprint density at radius 1 is 1.38 bits per heavy atom. The minimum Gasteiger partial charge on any atom is -0.371 e. The molecule has 1 aromatic heterocycles. The minimum atomic E-state index is -1.11. The summed E-state index contributed by atoms with van der Waals surface area (Å²) in [6.45, 7) is 0. The maximum atomic E-state index is 10.2. The number of hydrogen-bond acceptors (Lipinski definition) is 3. The van der Waals surface area contributed by atoms with Gasteiger partial charge in [-0.3, -0.25) is 5.73 Å². The first-order chi connectivity index (χ1) is 7.68. The van der Waals surface area contributed by atoms with Gasteiger partial charge in [0.25, 0.3) is 0 Å². The summed E-state index contributed by atoms with van der Waals surface area (Å²) in [5.41, 5.74) is 4.86. The fourth-order valence-electron chi connectivity index (χ4n) is 2.55. The Kier molecular flexibility index (Phi) is 4.00. The zero-order valence-electron chi connectivity index (χ0n) is 9.69. The summed E-state index contributed by atoms with van der Waals surface area (Å²) in [7, 11) is 0. The predicted octanol–water partition coefficient (Wildman–Crippen LogP) is 3.21. The molecule has 0 bridgehead atoms. The zero-order chi connectivity index (χ0) is 11.4. The molecule has 3 N–H and O–H groups in total. The molecule has 1 unspecified atom stereocenters. The minimum absolute atomic E-state index is 0.693. The molecule has 0 amide bonds. The number of nitrogens with two attached hydrogens (primary N) is 1. The second-order valence-corrected chi connectivity index (χ2v) is 5.89. The van der Waals surface area contributed by atoms with Crippen molar-refractivity contribution in [3.05, 3.63) is 22.4 Å². The Hall–Kier alpha value is -0.380. The first-order valence-corrected chi connectivity index (χ1v) is 7.12. The zero-order valence-corrected chi connectivity index (χ0v) is 10.5. The molecule has 1 fully saturated rings. The van der Waals surface area contributed by atoms with Gasteiger partial charge in [-0.1, -0.05) is 38.2 Å². The quantitative estimate of drug-likeness (QED) is 0.793. The van der Waals surface area contributed by atoms with E-state index in [1.165, 1.54) is 32.1 Å². The lowest BCUT2D eigenvalue weighted by Crippen LogP contribution is -2.36. The average molecular weight is 239 g/mol. The van der Waals surface area contributed by atoms with Crippen LogP contribution in [0.3, 0.4) is 0 Å². The van der Waals surface area contributed by atoms with Crippen LogP contribution < -0.4 is 5.73 Å². The fourth-order valence-corrected chi connectivity index (χ4v) is 3.32. The number of hydrogen-bond donors (Lipinski definition) is 2. The lowest BCUT2D eigenvalue weighted by atomic mass is 9.84. The van der Waals surface area contributed by atoms with Crippen molar-refractivity contribution in [3.63, 3.8) is 0 Å². The van der Waals surface area contributed by atoms with Crippen LogP contribution in [-0.4, -0.2) is 5.11 Å². The molecule has 16 heavy (non-hydrogen) atoms. The highest BCUT2D eigenvalue weighted by Crippen LogP contribution is 2.32. The molecule has 1 aromatic rings. The summed E-state index contributed by atoms with van der Waals surface area (Å²) >= 11 is 1.54. The van der Waals surface area contributed by atoms with Crippen LogP contribution in [-0.2, 0) is 5.72 Å². The molecule has 0 aliphatic heterocycles. The molecule has 1 atom stereocenters. The Balaban J connectivity index is 1.84. The van der Waals surface area contributed by atoms with Gasteiger partial charge in [0.2, 0.25) is 0 Å². The van der Waals surface area contributed by atoms with Crippen LogP contribution >= 0.6 is 11.3 Å². The molecule has 1 aliphatic rings. The summed E-state index contributed by atoms with van der Waals surface area (Å²) < 4.78 is 0. The van der Waals surface area contributed by atoms with Gasteiger partial charge >= 0.3 is 0 Å². The van der Waals surface area contributed by atoms with Gasteiger partial charge in [-0.15, -0.1) is 11.3 Å². The van der Waals surface area contributed by atoms with Crippen LogP contribution in [0.25, 0.3) is 0 Å². The van der Waals surface area contributed by atoms with Gasteiger partial charge in [0, 0.05) is 0 Å². The van der Waals surface area contributed by atoms with E-state index in [0.717, 1.165) is 17.2 Å². The normalized spacial score (nSPS) is 21.9. The van der Waals surface area contributed by atoms with Crippen LogP contribution in [0.4, 0.5) is 0 Å². The highest BCUT2D eigenvalue weighted by molar-refractivity contribution is 7.10. The van der Waals surface area contributed by atoms with Crippen molar-refractivity contribution in [2.24, 2.45) is 11.7 Å². The van der Waals surface area contributed by atoms with E-state index in [4.69, 9.17) is 5.73 Å². The monoisotopic (exact) mass is 239 g/mol. The number of thiophene rings is 1. The second-order valence-electron chi connectivity index (χ2n) is 4.94. The Morgan fingerprint density at radius 2 is 2.12 bits per heavy atom. The number of aliphatic hydroxyl groups is 1. The van der Waals surface area contributed by atoms with E-state index in [1.807, 2.05) is 17.5 Å². The second kappa shape index (κ2) is 5.30. The van der Waals surface area contributed by atoms with Crippen molar-refractivity contribution in [1.29, 1.82) is 0 Å². The van der Waals surface area contributed by atoms with Crippen molar-refractivity contribution >= 4 is 11.3 Å². The van der Waals surface area contributed by atoms with Crippen LogP contribution in [0, 0.1) is 5.92 Å². The van der Waals surface area contributed by atoms with Crippen LogP contribution in [0.5, 0.6) is 0 Å². The van der Waals surface area contributed by atoms with Crippen LogP contribution in [0.2, 0.25) is 0 Å². The lowest BCUT2D eigenvalue weighted by Gasteiger charge is -2.27. The molecular weight excluding hydrogens is 218 g/mol. The highest BCUT2D eigenvalue weighted by atomic mass is 32.1. The van der Waals surface area contributed by atoms with E-state index >= 15 is 0 Å². The molecular formula is C13H21NOS. The van der Waals surface area contributed by atoms with E-state index in [1.54, 1.807) is 11.3 Å². The van der Waals surface area contributed by atoms with Gasteiger partial charge in [-0.05, 0) is 30.2 Å². The third-order valence-electron chi connectivity index (χ3n) is 3.61. The maximum absolute atomic E-state index is 10.2. The van der Waals surface area contributed by atoms with Gasteiger partial charge < -0.3 is 5.11 Å². The van der Waals surface area contributed by atoms with Gasteiger partial charge in [0.15, 0.2) is 0 Å². The van der Waals surface area contributed by atoms with Crippen LogP contribution in [0.1, 0.15) is 49.8 Å². The predicted molar refractivity (Wildman–Crippen MR) is 68.2 cm³/mol. The fraction of sp³-hybridized carbons (Fsp3) is 0.692. The first-order valence-electron chi connectivity index (χ1n) is 6.24. The van der Waals surface area contributed by atoms with Gasteiger partial charge in [-0.2, -0.15) is 0 Å². The van der Waals surface area contributed by atoms with Gasteiger partial charge in [0.1, 0.15) is 5.72 Å². The van der Waals surface area contributed by atoms with E-state index in [-0.39, 0.29) is 0 Å². The van der Waals surface area contributed by atoms with Crippen molar-refractivity contribution < 1.29 is 5.11 Å². The first kappa shape index (κ1) is 12.1. The molecule has 0 saturated heterocycles. The standard InChI is InChI=1S/C13H21NOS/c14-13(15,12-7-4-10-16-12)9-8-11-5-2-1-3-6-11/h4,7,10-11,15H,1-3,5-6,8-9,14H2. The summed E-state index contributed by atoms with van der Waals surface area (Å²) in [5.74, 6) is 0.781. The van der Waals surface area contributed by atoms with E-state index < -0.39 is 5.72 Å². The van der Waals surface area contributed by atoms with E-state index in [2.05, 4.69) is 0 Å². The Bertz CT molecular complexity index is 302. The molecule has 90 valence electrons. The van der Waals surface area contributed by atoms with Crippen molar-refractivity contribution in [2.75, 3.05) is 0 Å². The van der Waals surface area contributed by atoms with E-state index in [9.17, 15) is 5.11 Å². The van der Waals surface area contributed by atoms with Gasteiger partial charge in [0.05, 0.1) is 4.88 Å². The Labute approximate surface area is 101 Å². The van der Waals surface area contributed by atoms with Crippen LogP contribution in [0.15, 0.2) is 17.5 Å². The molecule has 2 nitrogen and oxygen atoms in total. The summed E-state index contributed by atoms with van der Waals surface area (Å²) in [5, 5.41) is 12.2. The number of rotatable bonds is 4. The molecule has 0 spiro atoms. The molecule has 2 rings (SSSR count). The molecule has 1 heterocycles. The third kappa shape index (κ3) is 3.06.